The lowest BCUT2D eigenvalue weighted by Gasteiger charge is -2.06. The van der Waals surface area contributed by atoms with Crippen molar-refractivity contribution in [1.29, 1.82) is 0 Å². The first-order chi connectivity index (χ1) is 11.1. The van der Waals surface area contributed by atoms with Gasteiger partial charge in [-0.15, -0.1) is 0 Å². The van der Waals surface area contributed by atoms with Gasteiger partial charge in [-0.25, -0.2) is 14.6 Å². The second-order valence-electron chi connectivity index (χ2n) is 4.87. The van der Waals surface area contributed by atoms with E-state index in [2.05, 4.69) is 20.9 Å². The second kappa shape index (κ2) is 6.37. The maximum atomic E-state index is 12.5. The van der Waals surface area contributed by atoms with Gasteiger partial charge < -0.3 is 4.74 Å². The van der Waals surface area contributed by atoms with Gasteiger partial charge in [0.1, 0.15) is 11.1 Å². The standard InChI is InChI=1S/C16H14BrN3O3/c1-2-19-11-6-3-4-7-12(11)20(16(19)22)10-14(21)23-13-8-5-9-18-15(13)17/h3-9H,2,10H2,1H3. The molecule has 2 aromatic heterocycles. The Kier molecular flexibility index (Phi) is 4.29. The summed E-state index contributed by atoms with van der Waals surface area (Å²) in [6, 6.07) is 10.7. The van der Waals surface area contributed by atoms with E-state index in [-0.39, 0.29) is 12.2 Å². The third-order valence-corrected chi connectivity index (χ3v) is 4.07. The number of ether oxygens (including phenoxy) is 1. The van der Waals surface area contributed by atoms with Gasteiger partial charge in [-0.2, -0.15) is 0 Å². The van der Waals surface area contributed by atoms with Gasteiger partial charge in [-0.1, -0.05) is 12.1 Å². The molecule has 3 aromatic rings. The Hall–Kier alpha value is -2.41. The molecule has 0 spiro atoms. The summed E-state index contributed by atoms with van der Waals surface area (Å²) in [5, 5.41) is 0. The Balaban J connectivity index is 1.93. The number of carbonyl (C=O) groups excluding carboxylic acids is 1. The summed E-state index contributed by atoms with van der Waals surface area (Å²) in [6.07, 6.45) is 1.58. The molecule has 118 valence electrons. The first-order valence-electron chi connectivity index (χ1n) is 7.11. The van der Waals surface area contributed by atoms with E-state index in [1.807, 2.05) is 31.2 Å². The van der Waals surface area contributed by atoms with Crippen molar-refractivity contribution < 1.29 is 9.53 Å². The summed E-state index contributed by atoms with van der Waals surface area (Å²) < 4.78 is 8.77. The van der Waals surface area contributed by atoms with Gasteiger partial charge in [-0.05, 0) is 47.1 Å². The number of imidazole rings is 1. The number of aryl methyl sites for hydroxylation is 1. The Morgan fingerprint density at radius 3 is 2.52 bits per heavy atom. The van der Waals surface area contributed by atoms with Crippen LogP contribution in [0, 0.1) is 0 Å². The molecule has 0 radical (unpaired) electrons. The maximum Gasteiger partial charge on any atom is 0.331 e. The van der Waals surface area contributed by atoms with E-state index in [4.69, 9.17) is 4.74 Å². The largest absolute Gasteiger partial charge is 0.422 e. The highest BCUT2D eigenvalue weighted by Crippen LogP contribution is 2.21. The Morgan fingerprint density at radius 2 is 1.87 bits per heavy atom. The van der Waals surface area contributed by atoms with Crippen LogP contribution in [0.25, 0.3) is 11.0 Å². The van der Waals surface area contributed by atoms with E-state index < -0.39 is 5.97 Å². The van der Waals surface area contributed by atoms with Gasteiger partial charge in [-0.3, -0.25) is 9.13 Å². The molecule has 7 heteroatoms. The van der Waals surface area contributed by atoms with Crippen molar-refractivity contribution in [2.24, 2.45) is 0 Å². The molecule has 0 saturated heterocycles. The summed E-state index contributed by atoms with van der Waals surface area (Å²) >= 11 is 3.22. The number of fused-ring (bicyclic) bond motifs is 1. The van der Waals surface area contributed by atoms with Crippen LogP contribution in [0.2, 0.25) is 0 Å². The molecule has 6 nitrogen and oxygen atoms in total. The van der Waals surface area contributed by atoms with Crippen molar-refractivity contribution in [2.75, 3.05) is 0 Å². The number of esters is 1. The molecule has 0 bridgehead atoms. The van der Waals surface area contributed by atoms with E-state index in [1.54, 1.807) is 22.9 Å². The molecular formula is C16H14BrN3O3. The number of halogens is 1. The Labute approximate surface area is 140 Å². The predicted octanol–water partition coefficient (Wildman–Crippen LogP) is 2.59. The molecule has 0 fully saturated rings. The summed E-state index contributed by atoms with van der Waals surface area (Å²) in [4.78, 5) is 28.6. The molecule has 3 rings (SSSR count). The van der Waals surface area contributed by atoms with Crippen LogP contribution in [0.4, 0.5) is 0 Å². The van der Waals surface area contributed by atoms with Gasteiger partial charge in [0.15, 0.2) is 5.75 Å². The van der Waals surface area contributed by atoms with E-state index in [0.29, 0.717) is 22.4 Å². The molecule has 2 heterocycles. The van der Waals surface area contributed by atoms with Crippen molar-refractivity contribution in [3.8, 4) is 5.75 Å². The lowest BCUT2D eigenvalue weighted by molar-refractivity contribution is -0.135. The zero-order valence-corrected chi connectivity index (χ0v) is 14.0. The van der Waals surface area contributed by atoms with E-state index in [0.717, 1.165) is 5.52 Å². The fourth-order valence-electron chi connectivity index (χ4n) is 2.46. The highest BCUT2D eigenvalue weighted by Gasteiger charge is 2.16. The zero-order chi connectivity index (χ0) is 16.4. The normalized spacial score (nSPS) is 10.9. The van der Waals surface area contributed by atoms with Crippen molar-refractivity contribution in [3.05, 3.63) is 57.7 Å². The van der Waals surface area contributed by atoms with Crippen molar-refractivity contribution >= 4 is 32.9 Å². The van der Waals surface area contributed by atoms with Gasteiger partial charge in [0, 0.05) is 12.7 Å². The average Bonchev–Trinajstić information content (AvgIpc) is 2.81. The van der Waals surface area contributed by atoms with Gasteiger partial charge in [0.25, 0.3) is 0 Å². The smallest absolute Gasteiger partial charge is 0.331 e. The van der Waals surface area contributed by atoms with Crippen LogP contribution in [0.3, 0.4) is 0 Å². The fraction of sp³-hybridized carbons (Fsp3) is 0.188. The highest BCUT2D eigenvalue weighted by molar-refractivity contribution is 9.10. The summed E-state index contributed by atoms with van der Waals surface area (Å²) in [7, 11) is 0. The zero-order valence-electron chi connectivity index (χ0n) is 12.4. The fourth-order valence-corrected chi connectivity index (χ4v) is 2.79. The molecule has 0 N–H and O–H groups in total. The second-order valence-corrected chi connectivity index (χ2v) is 5.62. The van der Waals surface area contributed by atoms with Crippen molar-refractivity contribution in [1.82, 2.24) is 14.1 Å². The number of aromatic nitrogens is 3. The maximum absolute atomic E-state index is 12.5. The van der Waals surface area contributed by atoms with Gasteiger partial charge >= 0.3 is 11.7 Å². The SMILES string of the molecule is CCn1c(=O)n(CC(=O)Oc2cccnc2Br)c2ccccc21. The van der Waals surface area contributed by atoms with E-state index in [9.17, 15) is 9.59 Å². The first-order valence-corrected chi connectivity index (χ1v) is 7.90. The number of pyridine rings is 1. The monoisotopic (exact) mass is 375 g/mol. The summed E-state index contributed by atoms with van der Waals surface area (Å²) in [6.45, 7) is 2.27. The Bertz CT molecular complexity index is 930. The molecule has 0 unspecified atom stereocenters. The number of rotatable bonds is 4. The number of carbonyl (C=O) groups is 1. The van der Waals surface area contributed by atoms with Crippen LogP contribution in [-0.4, -0.2) is 20.1 Å². The third kappa shape index (κ3) is 2.92. The number of hydrogen-bond donors (Lipinski definition) is 0. The lowest BCUT2D eigenvalue weighted by atomic mass is 10.3. The minimum atomic E-state index is -0.528. The number of benzene rings is 1. The predicted molar refractivity (Wildman–Crippen MR) is 89.4 cm³/mol. The number of hydrogen-bond acceptors (Lipinski definition) is 4. The Morgan fingerprint density at radius 1 is 1.17 bits per heavy atom. The molecule has 0 aliphatic carbocycles. The minimum absolute atomic E-state index is 0.159. The number of para-hydroxylation sites is 2. The average molecular weight is 376 g/mol. The first kappa shape index (κ1) is 15.5. The molecule has 1 aromatic carbocycles. The van der Waals surface area contributed by atoms with Crippen LogP contribution in [0.15, 0.2) is 52.0 Å². The van der Waals surface area contributed by atoms with Crippen LogP contribution in [0.5, 0.6) is 5.75 Å². The molecule has 0 aliphatic rings. The topological polar surface area (TPSA) is 66.1 Å². The molecule has 0 saturated carbocycles. The van der Waals surface area contributed by atoms with Crippen LogP contribution >= 0.6 is 15.9 Å². The molecule has 0 atom stereocenters. The quantitative estimate of drug-likeness (QED) is 0.519. The van der Waals surface area contributed by atoms with Gasteiger partial charge in [0.2, 0.25) is 0 Å². The van der Waals surface area contributed by atoms with E-state index >= 15 is 0 Å². The van der Waals surface area contributed by atoms with Gasteiger partial charge in [0.05, 0.1) is 11.0 Å². The molecule has 0 aliphatic heterocycles. The molecule has 0 amide bonds. The third-order valence-electron chi connectivity index (χ3n) is 3.48. The van der Waals surface area contributed by atoms with Crippen LogP contribution in [-0.2, 0) is 17.9 Å². The van der Waals surface area contributed by atoms with Crippen molar-refractivity contribution in [2.45, 2.75) is 20.0 Å². The van der Waals surface area contributed by atoms with Crippen LogP contribution < -0.4 is 10.4 Å². The molecule has 23 heavy (non-hydrogen) atoms. The highest BCUT2D eigenvalue weighted by atomic mass is 79.9. The molecular weight excluding hydrogens is 362 g/mol. The number of nitrogens with zero attached hydrogens (tertiary/aromatic N) is 3. The summed E-state index contributed by atoms with van der Waals surface area (Å²) in [5.41, 5.74) is 1.29. The minimum Gasteiger partial charge on any atom is -0.422 e. The van der Waals surface area contributed by atoms with Crippen molar-refractivity contribution in [3.63, 3.8) is 0 Å². The summed E-state index contributed by atoms with van der Waals surface area (Å²) in [5.74, 6) is -0.204. The lowest BCUT2D eigenvalue weighted by Crippen LogP contribution is -2.28. The van der Waals surface area contributed by atoms with E-state index in [1.165, 1.54) is 4.57 Å². The van der Waals surface area contributed by atoms with Crippen LogP contribution in [0.1, 0.15) is 6.92 Å².